The smallest absolute Gasteiger partial charge is 0.274 e. The summed E-state index contributed by atoms with van der Waals surface area (Å²) in [5.74, 6) is 0.304. The van der Waals surface area contributed by atoms with Crippen molar-refractivity contribution in [3.8, 4) is 0 Å². The number of amides is 1. The van der Waals surface area contributed by atoms with Crippen molar-refractivity contribution in [1.82, 2.24) is 9.97 Å². The van der Waals surface area contributed by atoms with Gasteiger partial charge in [0.2, 0.25) is 0 Å². The van der Waals surface area contributed by atoms with Gasteiger partial charge in [-0.15, -0.1) is 0 Å². The van der Waals surface area contributed by atoms with E-state index in [1.165, 1.54) is 6.33 Å². The van der Waals surface area contributed by atoms with Crippen LogP contribution in [0, 0.1) is 0 Å². The second kappa shape index (κ2) is 8.70. The number of hydrogen-bond donors (Lipinski definition) is 2. The molecule has 2 rings (SSSR count). The van der Waals surface area contributed by atoms with E-state index in [1.54, 1.807) is 24.3 Å². The highest BCUT2D eigenvalue weighted by Crippen LogP contribution is 2.25. The number of nitrogens with one attached hydrogen (secondary N) is 2. The lowest BCUT2D eigenvalue weighted by atomic mass is 10.2. The van der Waals surface area contributed by atoms with Gasteiger partial charge in [-0.1, -0.05) is 43.0 Å². The molecule has 0 atom stereocenters. The van der Waals surface area contributed by atoms with Crippen LogP contribution in [0.25, 0.3) is 0 Å². The maximum atomic E-state index is 12.2. The predicted molar refractivity (Wildman–Crippen MR) is 94.5 cm³/mol. The zero-order valence-electron chi connectivity index (χ0n) is 12.8. The van der Waals surface area contributed by atoms with Crippen molar-refractivity contribution < 1.29 is 4.79 Å². The van der Waals surface area contributed by atoms with Crippen molar-refractivity contribution in [2.24, 2.45) is 0 Å². The zero-order valence-corrected chi connectivity index (χ0v) is 14.3. The lowest BCUT2D eigenvalue weighted by molar-refractivity contribution is 0.102. The summed E-state index contributed by atoms with van der Waals surface area (Å²) >= 11 is 11.8. The Morgan fingerprint density at radius 1 is 1.13 bits per heavy atom. The van der Waals surface area contributed by atoms with Crippen molar-refractivity contribution >= 4 is 40.6 Å². The number of nitrogens with zero attached hydrogens (tertiary/aromatic N) is 2. The molecule has 0 saturated carbocycles. The van der Waals surface area contributed by atoms with Crippen LogP contribution < -0.4 is 10.6 Å². The summed E-state index contributed by atoms with van der Waals surface area (Å²) < 4.78 is 0. The van der Waals surface area contributed by atoms with Crippen LogP contribution in [0.2, 0.25) is 10.0 Å². The minimum atomic E-state index is -0.331. The third-order valence-electron chi connectivity index (χ3n) is 3.16. The number of carbonyl (C=O) groups excluding carboxylic acids is 1. The normalized spacial score (nSPS) is 10.4. The summed E-state index contributed by atoms with van der Waals surface area (Å²) in [6.07, 6.45) is 4.74. The lowest BCUT2D eigenvalue weighted by Crippen LogP contribution is -2.15. The number of carbonyl (C=O) groups is 1. The van der Waals surface area contributed by atoms with Gasteiger partial charge in [-0.25, -0.2) is 9.97 Å². The third kappa shape index (κ3) is 5.37. The molecule has 2 N–H and O–H groups in total. The Bertz CT molecular complexity index is 679. The summed E-state index contributed by atoms with van der Waals surface area (Å²) in [5.41, 5.74) is 0.838. The van der Waals surface area contributed by atoms with Crippen LogP contribution in [0.4, 0.5) is 11.5 Å². The largest absolute Gasteiger partial charge is 0.370 e. The van der Waals surface area contributed by atoms with E-state index in [1.807, 2.05) is 0 Å². The Kier molecular flexibility index (Phi) is 6.62. The quantitative estimate of drug-likeness (QED) is 0.712. The van der Waals surface area contributed by atoms with E-state index in [0.29, 0.717) is 21.6 Å². The minimum Gasteiger partial charge on any atom is -0.370 e. The van der Waals surface area contributed by atoms with Crippen molar-refractivity contribution in [3.63, 3.8) is 0 Å². The van der Waals surface area contributed by atoms with Gasteiger partial charge in [-0.2, -0.15) is 0 Å². The molecule has 23 heavy (non-hydrogen) atoms. The molecule has 1 amide bonds. The molecule has 0 fully saturated rings. The number of halogens is 2. The molecule has 1 aromatic heterocycles. The Balaban J connectivity index is 2.00. The monoisotopic (exact) mass is 352 g/mol. The zero-order chi connectivity index (χ0) is 16.7. The maximum Gasteiger partial charge on any atom is 0.274 e. The third-order valence-corrected chi connectivity index (χ3v) is 3.90. The van der Waals surface area contributed by atoms with Crippen LogP contribution in [-0.2, 0) is 0 Å². The molecule has 0 unspecified atom stereocenters. The number of anilines is 2. The molecular formula is C16H18Cl2N4O. The molecular weight excluding hydrogens is 335 g/mol. The first-order chi connectivity index (χ1) is 11.1. The number of hydrogen-bond acceptors (Lipinski definition) is 4. The van der Waals surface area contributed by atoms with E-state index in [9.17, 15) is 4.79 Å². The van der Waals surface area contributed by atoms with Crippen LogP contribution in [0.1, 0.15) is 36.7 Å². The first-order valence-electron chi connectivity index (χ1n) is 7.42. The summed E-state index contributed by atoms with van der Waals surface area (Å²) in [5, 5.41) is 6.73. The SMILES string of the molecule is CCCCCNc1cc(C(=O)Nc2ccc(Cl)c(Cl)c2)ncn1. The molecule has 0 spiro atoms. The van der Waals surface area contributed by atoms with Crippen LogP contribution in [0.3, 0.4) is 0 Å². The van der Waals surface area contributed by atoms with Gasteiger partial charge in [0.25, 0.3) is 5.91 Å². The first kappa shape index (κ1) is 17.5. The fourth-order valence-electron chi connectivity index (χ4n) is 1.94. The van der Waals surface area contributed by atoms with Crippen LogP contribution in [0.5, 0.6) is 0 Å². The minimum absolute atomic E-state index is 0.282. The number of rotatable bonds is 7. The average molecular weight is 353 g/mol. The molecule has 1 aromatic carbocycles. The van der Waals surface area contributed by atoms with Crippen molar-refractivity contribution in [2.45, 2.75) is 26.2 Å². The van der Waals surface area contributed by atoms with Gasteiger partial charge in [-0.3, -0.25) is 4.79 Å². The molecule has 7 heteroatoms. The summed E-state index contributed by atoms with van der Waals surface area (Å²) in [4.78, 5) is 20.3. The van der Waals surface area contributed by atoms with E-state index >= 15 is 0 Å². The summed E-state index contributed by atoms with van der Waals surface area (Å²) in [6.45, 7) is 2.97. The number of benzene rings is 1. The van der Waals surface area contributed by atoms with Gasteiger partial charge in [0.15, 0.2) is 0 Å². The molecule has 0 aliphatic rings. The van der Waals surface area contributed by atoms with E-state index in [0.717, 1.165) is 25.8 Å². The fraction of sp³-hybridized carbons (Fsp3) is 0.312. The van der Waals surface area contributed by atoms with Gasteiger partial charge in [0.05, 0.1) is 10.0 Å². The standard InChI is InChI=1S/C16H18Cl2N4O/c1-2-3-4-7-19-15-9-14(20-10-21-15)16(23)22-11-5-6-12(17)13(18)8-11/h5-6,8-10H,2-4,7H2,1H3,(H,22,23)(H,19,20,21). The Morgan fingerprint density at radius 3 is 2.70 bits per heavy atom. The highest BCUT2D eigenvalue weighted by Gasteiger charge is 2.10. The van der Waals surface area contributed by atoms with Crippen LogP contribution >= 0.6 is 23.2 Å². The van der Waals surface area contributed by atoms with Gasteiger partial charge < -0.3 is 10.6 Å². The Morgan fingerprint density at radius 2 is 1.96 bits per heavy atom. The molecule has 0 bridgehead atoms. The van der Waals surface area contributed by atoms with Crippen molar-refractivity contribution in [1.29, 1.82) is 0 Å². The molecule has 0 aliphatic heterocycles. The highest BCUT2D eigenvalue weighted by molar-refractivity contribution is 6.42. The molecule has 0 radical (unpaired) electrons. The fourth-order valence-corrected chi connectivity index (χ4v) is 2.24. The van der Waals surface area contributed by atoms with Crippen LogP contribution in [-0.4, -0.2) is 22.4 Å². The lowest BCUT2D eigenvalue weighted by Gasteiger charge is -2.08. The van der Waals surface area contributed by atoms with Crippen molar-refractivity contribution in [3.05, 3.63) is 46.3 Å². The van der Waals surface area contributed by atoms with Gasteiger partial charge >= 0.3 is 0 Å². The van der Waals surface area contributed by atoms with Gasteiger partial charge in [0.1, 0.15) is 17.8 Å². The molecule has 1 heterocycles. The molecule has 0 aliphatic carbocycles. The van der Waals surface area contributed by atoms with E-state index in [-0.39, 0.29) is 11.6 Å². The molecule has 0 saturated heterocycles. The second-order valence-electron chi connectivity index (χ2n) is 5.01. The number of unbranched alkanes of at least 4 members (excludes halogenated alkanes) is 2. The Hall–Kier alpha value is -1.85. The predicted octanol–water partition coefficient (Wildman–Crippen LogP) is 4.64. The van der Waals surface area contributed by atoms with E-state index in [2.05, 4.69) is 27.5 Å². The average Bonchev–Trinajstić information content (AvgIpc) is 2.55. The maximum absolute atomic E-state index is 12.2. The van der Waals surface area contributed by atoms with E-state index in [4.69, 9.17) is 23.2 Å². The summed E-state index contributed by atoms with van der Waals surface area (Å²) in [7, 11) is 0. The topological polar surface area (TPSA) is 66.9 Å². The summed E-state index contributed by atoms with van der Waals surface area (Å²) in [6, 6.07) is 6.52. The molecule has 122 valence electrons. The van der Waals surface area contributed by atoms with Gasteiger partial charge in [0, 0.05) is 18.3 Å². The molecule has 5 nitrogen and oxygen atoms in total. The van der Waals surface area contributed by atoms with Crippen molar-refractivity contribution in [2.75, 3.05) is 17.2 Å². The van der Waals surface area contributed by atoms with Gasteiger partial charge in [-0.05, 0) is 24.6 Å². The molecule has 2 aromatic rings. The van der Waals surface area contributed by atoms with E-state index < -0.39 is 0 Å². The number of aromatic nitrogens is 2. The highest BCUT2D eigenvalue weighted by atomic mass is 35.5. The Labute approximate surface area is 145 Å². The first-order valence-corrected chi connectivity index (χ1v) is 8.18. The van der Waals surface area contributed by atoms with Crippen LogP contribution in [0.15, 0.2) is 30.6 Å². The second-order valence-corrected chi connectivity index (χ2v) is 5.82.